The second kappa shape index (κ2) is 8.68. The van der Waals surface area contributed by atoms with Gasteiger partial charge in [-0.1, -0.05) is 29.8 Å². The molecule has 1 atom stereocenters. The number of halogens is 1. The Labute approximate surface area is 153 Å². The van der Waals surface area contributed by atoms with Crippen molar-refractivity contribution in [2.45, 2.75) is 38.2 Å². The van der Waals surface area contributed by atoms with Crippen molar-refractivity contribution in [3.63, 3.8) is 0 Å². The quantitative estimate of drug-likeness (QED) is 0.806. The van der Waals surface area contributed by atoms with E-state index in [9.17, 15) is 9.59 Å². The first-order chi connectivity index (χ1) is 12.1. The zero-order valence-corrected chi connectivity index (χ0v) is 15.2. The summed E-state index contributed by atoms with van der Waals surface area (Å²) in [5.74, 6) is 0.244. The van der Waals surface area contributed by atoms with Crippen LogP contribution < -0.4 is 0 Å². The Kier molecular flexibility index (Phi) is 6.32. The van der Waals surface area contributed by atoms with Crippen LogP contribution in [0.4, 0.5) is 0 Å². The van der Waals surface area contributed by atoms with E-state index in [1.54, 1.807) is 6.07 Å². The smallest absolute Gasteiger partial charge is 0.227 e. The monoisotopic (exact) mass is 364 g/mol. The van der Waals surface area contributed by atoms with Crippen molar-refractivity contribution in [1.29, 1.82) is 0 Å². The van der Waals surface area contributed by atoms with Crippen LogP contribution in [0.5, 0.6) is 0 Å². The number of amides is 2. The van der Waals surface area contributed by atoms with Gasteiger partial charge in [0.15, 0.2) is 0 Å². The molecule has 2 saturated heterocycles. The Morgan fingerprint density at radius 3 is 2.40 bits per heavy atom. The van der Waals surface area contributed by atoms with Gasteiger partial charge in [-0.05, 0) is 30.9 Å². The van der Waals surface area contributed by atoms with E-state index in [0.29, 0.717) is 44.0 Å². The molecule has 2 heterocycles. The van der Waals surface area contributed by atoms with E-state index in [1.807, 2.05) is 28.0 Å². The lowest BCUT2D eigenvalue weighted by Gasteiger charge is -2.35. The van der Waals surface area contributed by atoms with Gasteiger partial charge in [0.2, 0.25) is 11.8 Å². The Balaban J connectivity index is 1.42. The summed E-state index contributed by atoms with van der Waals surface area (Å²) in [5, 5.41) is 0.624. The lowest BCUT2D eigenvalue weighted by molar-refractivity contribution is -0.139. The SMILES string of the molecule is O=C(CCC1CCCO1)N1CCN(C(=O)Cc2ccccc2Cl)CC1. The van der Waals surface area contributed by atoms with Gasteiger partial charge in [-0.3, -0.25) is 9.59 Å². The zero-order chi connectivity index (χ0) is 17.6. The third kappa shape index (κ3) is 4.95. The number of piperazine rings is 1. The molecule has 0 bridgehead atoms. The molecule has 2 aliphatic heterocycles. The predicted molar refractivity (Wildman–Crippen MR) is 96.5 cm³/mol. The molecule has 0 radical (unpaired) electrons. The fraction of sp³-hybridized carbons (Fsp3) is 0.579. The fourth-order valence-corrected chi connectivity index (χ4v) is 3.64. The molecule has 0 N–H and O–H groups in total. The normalized spacial score (nSPS) is 20.8. The Morgan fingerprint density at radius 1 is 1.08 bits per heavy atom. The van der Waals surface area contributed by atoms with Gasteiger partial charge < -0.3 is 14.5 Å². The maximum absolute atomic E-state index is 12.4. The van der Waals surface area contributed by atoms with Crippen molar-refractivity contribution in [2.75, 3.05) is 32.8 Å². The van der Waals surface area contributed by atoms with Crippen molar-refractivity contribution in [1.82, 2.24) is 9.80 Å². The molecule has 2 aliphatic rings. The van der Waals surface area contributed by atoms with Crippen LogP contribution in [0.2, 0.25) is 5.02 Å². The lowest BCUT2D eigenvalue weighted by Crippen LogP contribution is -2.51. The summed E-state index contributed by atoms with van der Waals surface area (Å²) in [6.45, 7) is 3.23. The van der Waals surface area contributed by atoms with E-state index < -0.39 is 0 Å². The van der Waals surface area contributed by atoms with E-state index in [-0.39, 0.29) is 17.9 Å². The van der Waals surface area contributed by atoms with E-state index in [0.717, 1.165) is 31.4 Å². The molecular formula is C19H25ClN2O3. The van der Waals surface area contributed by atoms with Crippen molar-refractivity contribution in [3.8, 4) is 0 Å². The van der Waals surface area contributed by atoms with Crippen LogP contribution in [-0.2, 0) is 20.7 Å². The molecule has 136 valence electrons. The fourth-order valence-electron chi connectivity index (χ4n) is 3.44. The first kappa shape index (κ1) is 18.2. The molecule has 1 unspecified atom stereocenters. The minimum Gasteiger partial charge on any atom is -0.378 e. The molecule has 2 amide bonds. The average molecular weight is 365 g/mol. The molecule has 1 aromatic rings. The molecule has 0 saturated carbocycles. The number of benzene rings is 1. The first-order valence-corrected chi connectivity index (χ1v) is 9.42. The van der Waals surface area contributed by atoms with Gasteiger partial charge in [-0.15, -0.1) is 0 Å². The number of rotatable bonds is 5. The summed E-state index contributed by atoms with van der Waals surface area (Å²) in [5.41, 5.74) is 0.851. The molecule has 25 heavy (non-hydrogen) atoms. The van der Waals surface area contributed by atoms with Crippen LogP contribution in [0, 0.1) is 0 Å². The standard InChI is InChI=1S/C19H25ClN2O3/c20-17-6-2-1-4-15(17)14-19(24)22-11-9-21(10-12-22)18(23)8-7-16-5-3-13-25-16/h1-2,4,6,16H,3,5,7-14H2. The van der Waals surface area contributed by atoms with Crippen LogP contribution in [0.25, 0.3) is 0 Å². The van der Waals surface area contributed by atoms with Crippen LogP contribution in [0.3, 0.4) is 0 Å². The molecule has 6 heteroatoms. The van der Waals surface area contributed by atoms with Crippen LogP contribution in [0.1, 0.15) is 31.2 Å². The van der Waals surface area contributed by atoms with Gasteiger partial charge in [-0.25, -0.2) is 0 Å². The molecule has 3 rings (SSSR count). The van der Waals surface area contributed by atoms with Crippen LogP contribution in [-0.4, -0.2) is 60.5 Å². The van der Waals surface area contributed by atoms with Crippen molar-refractivity contribution in [3.05, 3.63) is 34.9 Å². The lowest BCUT2D eigenvalue weighted by atomic mass is 10.1. The number of nitrogens with zero attached hydrogens (tertiary/aromatic N) is 2. The minimum atomic E-state index is 0.0690. The van der Waals surface area contributed by atoms with Gasteiger partial charge in [0.05, 0.1) is 12.5 Å². The average Bonchev–Trinajstić information content (AvgIpc) is 3.15. The summed E-state index contributed by atoms with van der Waals surface area (Å²) >= 11 is 6.13. The maximum Gasteiger partial charge on any atom is 0.227 e. The zero-order valence-electron chi connectivity index (χ0n) is 14.5. The number of carbonyl (C=O) groups excluding carboxylic acids is 2. The van der Waals surface area contributed by atoms with E-state index in [4.69, 9.17) is 16.3 Å². The number of hydrogen-bond donors (Lipinski definition) is 0. The van der Waals surface area contributed by atoms with Gasteiger partial charge in [0.25, 0.3) is 0 Å². The van der Waals surface area contributed by atoms with Gasteiger partial charge in [-0.2, -0.15) is 0 Å². The van der Waals surface area contributed by atoms with Crippen molar-refractivity contribution < 1.29 is 14.3 Å². The summed E-state index contributed by atoms with van der Waals surface area (Å²) in [6.07, 6.45) is 4.08. The number of carbonyl (C=O) groups is 2. The molecule has 1 aromatic carbocycles. The minimum absolute atomic E-state index is 0.0690. The Hall–Kier alpha value is -1.59. The van der Waals surface area contributed by atoms with E-state index in [2.05, 4.69) is 0 Å². The highest BCUT2D eigenvalue weighted by Gasteiger charge is 2.25. The van der Waals surface area contributed by atoms with Crippen molar-refractivity contribution in [2.24, 2.45) is 0 Å². The van der Waals surface area contributed by atoms with Crippen LogP contribution in [0.15, 0.2) is 24.3 Å². The topological polar surface area (TPSA) is 49.9 Å². The second-order valence-corrected chi connectivity index (χ2v) is 7.11. The van der Waals surface area contributed by atoms with E-state index in [1.165, 1.54) is 0 Å². The molecule has 0 aliphatic carbocycles. The molecule has 2 fully saturated rings. The highest BCUT2D eigenvalue weighted by atomic mass is 35.5. The second-order valence-electron chi connectivity index (χ2n) is 6.70. The first-order valence-electron chi connectivity index (χ1n) is 9.04. The molecule has 0 spiro atoms. The molecule has 5 nitrogen and oxygen atoms in total. The largest absolute Gasteiger partial charge is 0.378 e. The van der Waals surface area contributed by atoms with Gasteiger partial charge in [0.1, 0.15) is 0 Å². The van der Waals surface area contributed by atoms with E-state index >= 15 is 0 Å². The third-order valence-corrected chi connectivity index (χ3v) is 5.36. The highest BCUT2D eigenvalue weighted by molar-refractivity contribution is 6.31. The van der Waals surface area contributed by atoms with Gasteiger partial charge in [0, 0.05) is 44.2 Å². The summed E-state index contributed by atoms with van der Waals surface area (Å²) in [7, 11) is 0. The molecular weight excluding hydrogens is 340 g/mol. The summed E-state index contributed by atoms with van der Waals surface area (Å²) < 4.78 is 5.57. The molecule has 0 aromatic heterocycles. The maximum atomic E-state index is 12.4. The number of ether oxygens (including phenoxy) is 1. The predicted octanol–water partition coefficient (Wildman–Crippen LogP) is 2.51. The highest BCUT2D eigenvalue weighted by Crippen LogP contribution is 2.19. The Morgan fingerprint density at radius 2 is 1.76 bits per heavy atom. The van der Waals surface area contributed by atoms with Crippen LogP contribution >= 0.6 is 11.6 Å². The Bertz CT molecular complexity index is 608. The van der Waals surface area contributed by atoms with Gasteiger partial charge >= 0.3 is 0 Å². The number of hydrogen-bond acceptors (Lipinski definition) is 3. The third-order valence-electron chi connectivity index (χ3n) is 4.99. The van der Waals surface area contributed by atoms with Crippen molar-refractivity contribution >= 4 is 23.4 Å². The summed E-state index contributed by atoms with van der Waals surface area (Å²) in [6, 6.07) is 7.43. The summed E-state index contributed by atoms with van der Waals surface area (Å²) in [4.78, 5) is 28.5.